The number of hydrogen-bond acceptors (Lipinski definition) is 3. The molecule has 0 aromatic carbocycles. The molecule has 1 amide bonds. The minimum atomic E-state index is 0.159. The number of hydrogen-bond donors (Lipinski definition) is 1. The first-order chi connectivity index (χ1) is 7.15. The van der Waals surface area contributed by atoms with E-state index in [2.05, 4.69) is 6.92 Å². The summed E-state index contributed by atoms with van der Waals surface area (Å²) in [5.41, 5.74) is 5.53. The summed E-state index contributed by atoms with van der Waals surface area (Å²) in [6, 6.07) is 0. The van der Waals surface area contributed by atoms with Crippen LogP contribution in [0.5, 0.6) is 0 Å². The molecule has 4 heteroatoms. The molecule has 90 valence electrons. The Bertz CT molecular complexity index is 174. The molecule has 0 saturated carbocycles. The van der Waals surface area contributed by atoms with Crippen LogP contribution >= 0.6 is 0 Å². The maximum absolute atomic E-state index is 11.7. The lowest BCUT2D eigenvalue weighted by Gasteiger charge is -2.23. The Morgan fingerprint density at radius 2 is 2.13 bits per heavy atom. The van der Waals surface area contributed by atoms with Crippen LogP contribution in [0.2, 0.25) is 0 Å². The number of carbonyl (C=O) groups is 1. The highest BCUT2D eigenvalue weighted by Gasteiger charge is 2.13. The zero-order valence-corrected chi connectivity index (χ0v) is 10.2. The van der Waals surface area contributed by atoms with E-state index in [4.69, 9.17) is 10.5 Å². The third-order valence-electron chi connectivity index (χ3n) is 2.33. The number of ether oxygens (including phenoxy) is 1. The van der Waals surface area contributed by atoms with Crippen molar-refractivity contribution in [2.45, 2.75) is 27.2 Å². The van der Waals surface area contributed by atoms with Crippen molar-refractivity contribution in [3.8, 4) is 0 Å². The van der Waals surface area contributed by atoms with E-state index >= 15 is 0 Å². The largest absolute Gasteiger partial charge is 0.381 e. The normalized spacial score (nSPS) is 12.5. The first kappa shape index (κ1) is 14.4. The van der Waals surface area contributed by atoms with Gasteiger partial charge in [-0.3, -0.25) is 4.79 Å². The van der Waals surface area contributed by atoms with Crippen LogP contribution in [0.1, 0.15) is 27.2 Å². The number of nitrogens with zero attached hydrogens (tertiary/aromatic N) is 1. The van der Waals surface area contributed by atoms with Gasteiger partial charge in [-0.15, -0.1) is 0 Å². The predicted molar refractivity (Wildman–Crippen MR) is 61.6 cm³/mol. The van der Waals surface area contributed by atoms with Gasteiger partial charge in [-0.2, -0.15) is 0 Å². The molecule has 15 heavy (non-hydrogen) atoms. The molecule has 1 unspecified atom stereocenters. The van der Waals surface area contributed by atoms with E-state index in [1.165, 1.54) is 0 Å². The fourth-order valence-electron chi connectivity index (χ4n) is 1.32. The monoisotopic (exact) mass is 216 g/mol. The fraction of sp³-hybridized carbons (Fsp3) is 0.909. The van der Waals surface area contributed by atoms with E-state index < -0.39 is 0 Å². The van der Waals surface area contributed by atoms with Crippen molar-refractivity contribution in [2.24, 2.45) is 11.7 Å². The topological polar surface area (TPSA) is 55.6 Å². The van der Waals surface area contributed by atoms with Crippen molar-refractivity contribution in [1.29, 1.82) is 0 Å². The van der Waals surface area contributed by atoms with Crippen molar-refractivity contribution in [1.82, 2.24) is 4.90 Å². The molecule has 0 bridgehead atoms. The summed E-state index contributed by atoms with van der Waals surface area (Å²) in [5.74, 6) is 0.521. The molecule has 0 fully saturated rings. The third kappa shape index (κ3) is 6.47. The molecule has 0 aliphatic carbocycles. The predicted octanol–water partition coefficient (Wildman–Crippen LogP) is 0.856. The highest BCUT2D eigenvalue weighted by molar-refractivity contribution is 5.76. The minimum absolute atomic E-state index is 0.159. The number of amides is 1. The summed E-state index contributed by atoms with van der Waals surface area (Å²) in [6.45, 7) is 9.27. The van der Waals surface area contributed by atoms with Crippen LogP contribution in [0.15, 0.2) is 0 Å². The molecule has 0 heterocycles. The summed E-state index contributed by atoms with van der Waals surface area (Å²) in [6.07, 6.45) is 0.471. The van der Waals surface area contributed by atoms with Crippen LogP contribution in [-0.2, 0) is 9.53 Å². The van der Waals surface area contributed by atoms with Gasteiger partial charge in [0.1, 0.15) is 0 Å². The summed E-state index contributed by atoms with van der Waals surface area (Å²) in [5, 5.41) is 0. The summed E-state index contributed by atoms with van der Waals surface area (Å²) >= 11 is 0. The van der Waals surface area contributed by atoms with Gasteiger partial charge in [0, 0.05) is 19.7 Å². The summed E-state index contributed by atoms with van der Waals surface area (Å²) < 4.78 is 5.16. The average molecular weight is 216 g/mol. The minimum Gasteiger partial charge on any atom is -0.381 e. The lowest BCUT2D eigenvalue weighted by Crippen LogP contribution is -2.37. The van der Waals surface area contributed by atoms with Crippen molar-refractivity contribution >= 4 is 5.91 Å². The van der Waals surface area contributed by atoms with Gasteiger partial charge in [0.25, 0.3) is 0 Å². The van der Waals surface area contributed by atoms with Crippen molar-refractivity contribution in [3.63, 3.8) is 0 Å². The molecule has 0 saturated heterocycles. The first-order valence-corrected chi connectivity index (χ1v) is 5.71. The van der Waals surface area contributed by atoms with E-state index in [1.54, 1.807) is 0 Å². The Balaban J connectivity index is 3.88. The van der Waals surface area contributed by atoms with Crippen LogP contribution in [0.4, 0.5) is 0 Å². The molecule has 0 aliphatic rings. The maximum Gasteiger partial charge on any atom is 0.224 e. The second-order valence-electron chi connectivity index (χ2n) is 3.72. The van der Waals surface area contributed by atoms with Gasteiger partial charge >= 0.3 is 0 Å². The Kier molecular flexibility index (Phi) is 8.33. The molecular formula is C11H24N2O2. The molecule has 0 rings (SSSR count). The Morgan fingerprint density at radius 3 is 2.60 bits per heavy atom. The van der Waals surface area contributed by atoms with Crippen LogP contribution < -0.4 is 5.73 Å². The molecule has 4 nitrogen and oxygen atoms in total. The molecule has 1 atom stereocenters. The van der Waals surface area contributed by atoms with Gasteiger partial charge in [-0.25, -0.2) is 0 Å². The molecule has 0 radical (unpaired) electrons. The lowest BCUT2D eigenvalue weighted by molar-refractivity contribution is -0.132. The Hall–Kier alpha value is -0.610. The average Bonchev–Trinajstić information content (AvgIpc) is 2.25. The molecule has 0 aromatic rings. The molecule has 2 N–H and O–H groups in total. The third-order valence-corrected chi connectivity index (χ3v) is 2.33. The SMILES string of the molecule is CCOCCC(=O)N(CC)CC(C)CN. The van der Waals surface area contributed by atoms with E-state index in [0.717, 1.165) is 13.1 Å². The summed E-state index contributed by atoms with van der Waals surface area (Å²) in [4.78, 5) is 13.5. The Morgan fingerprint density at radius 1 is 1.47 bits per heavy atom. The van der Waals surface area contributed by atoms with Crippen LogP contribution in [0.25, 0.3) is 0 Å². The van der Waals surface area contributed by atoms with Crippen LogP contribution in [-0.4, -0.2) is 43.7 Å². The molecule has 0 spiro atoms. The maximum atomic E-state index is 11.7. The van der Waals surface area contributed by atoms with Crippen molar-refractivity contribution in [2.75, 3.05) is 32.8 Å². The van der Waals surface area contributed by atoms with Crippen LogP contribution in [0, 0.1) is 5.92 Å². The standard InChI is InChI=1S/C11H24N2O2/c1-4-13(9-10(3)8-12)11(14)6-7-15-5-2/h10H,4-9,12H2,1-3H3. The number of carbonyl (C=O) groups excluding carboxylic acids is 1. The number of nitrogens with two attached hydrogens (primary N) is 1. The van der Waals surface area contributed by atoms with Crippen molar-refractivity contribution < 1.29 is 9.53 Å². The zero-order valence-electron chi connectivity index (χ0n) is 10.2. The van der Waals surface area contributed by atoms with E-state index in [9.17, 15) is 4.79 Å². The quantitative estimate of drug-likeness (QED) is 0.612. The van der Waals surface area contributed by atoms with E-state index in [1.807, 2.05) is 18.7 Å². The van der Waals surface area contributed by atoms with Gasteiger partial charge in [-0.05, 0) is 26.3 Å². The lowest BCUT2D eigenvalue weighted by atomic mass is 10.1. The van der Waals surface area contributed by atoms with Gasteiger partial charge in [0.2, 0.25) is 5.91 Å². The van der Waals surface area contributed by atoms with Crippen LogP contribution in [0.3, 0.4) is 0 Å². The van der Waals surface area contributed by atoms with Gasteiger partial charge in [-0.1, -0.05) is 6.92 Å². The molecule has 0 aliphatic heterocycles. The van der Waals surface area contributed by atoms with Gasteiger partial charge in [0.05, 0.1) is 13.0 Å². The summed E-state index contributed by atoms with van der Waals surface area (Å²) in [7, 11) is 0. The Labute approximate surface area is 92.8 Å². The highest BCUT2D eigenvalue weighted by Crippen LogP contribution is 2.01. The van der Waals surface area contributed by atoms with E-state index in [-0.39, 0.29) is 5.91 Å². The van der Waals surface area contributed by atoms with Gasteiger partial charge < -0.3 is 15.4 Å². The smallest absolute Gasteiger partial charge is 0.224 e. The zero-order chi connectivity index (χ0) is 11.7. The first-order valence-electron chi connectivity index (χ1n) is 5.71. The number of rotatable bonds is 8. The van der Waals surface area contributed by atoms with Gasteiger partial charge in [0.15, 0.2) is 0 Å². The second-order valence-corrected chi connectivity index (χ2v) is 3.72. The highest BCUT2D eigenvalue weighted by atomic mass is 16.5. The second kappa shape index (κ2) is 8.68. The fourth-order valence-corrected chi connectivity index (χ4v) is 1.32. The molecular weight excluding hydrogens is 192 g/mol. The van der Waals surface area contributed by atoms with E-state index in [0.29, 0.717) is 32.1 Å². The molecule has 0 aromatic heterocycles. The van der Waals surface area contributed by atoms with Crippen molar-refractivity contribution in [3.05, 3.63) is 0 Å².